The molecule has 2 aliphatic rings. The summed E-state index contributed by atoms with van der Waals surface area (Å²) >= 11 is 0. The molecule has 2 heterocycles. The van der Waals surface area contributed by atoms with E-state index < -0.39 is 17.2 Å². The molecule has 0 aromatic carbocycles. The van der Waals surface area contributed by atoms with Crippen LogP contribution < -0.4 is 5.32 Å². The molecule has 7 nitrogen and oxygen atoms in total. The second-order valence-corrected chi connectivity index (χ2v) is 9.46. The molecule has 2 aliphatic heterocycles. The van der Waals surface area contributed by atoms with Crippen molar-refractivity contribution in [3.8, 4) is 12.3 Å². The largest absolute Gasteiger partial charge is 0.444 e. The SMILES string of the molecule is C#CC[C@@]1(C(=O)N2CCC[C@@H](CNC(=O)CCC)C2)CCCN1C(=O)OC(C)(C)C. The highest BCUT2D eigenvalue weighted by Crippen LogP contribution is 2.36. The number of rotatable bonds is 6. The number of carbonyl (C=O) groups is 3. The molecule has 2 rings (SSSR count). The van der Waals surface area contributed by atoms with Crippen molar-refractivity contribution < 1.29 is 19.1 Å². The summed E-state index contributed by atoms with van der Waals surface area (Å²) in [7, 11) is 0. The van der Waals surface area contributed by atoms with Crippen molar-refractivity contribution in [1.82, 2.24) is 15.1 Å². The molecular formula is C23H37N3O4. The van der Waals surface area contributed by atoms with E-state index in [0.29, 0.717) is 39.0 Å². The maximum Gasteiger partial charge on any atom is 0.411 e. The Balaban J connectivity index is 2.12. The number of piperidine rings is 1. The number of nitrogens with zero attached hydrogens (tertiary/aromatic N) is 2. The summed E-state index contributed by atoms with van der Waals surface area (Å²) in [5, 5.41) is 2.98. The van der Waals surface area contributed by atoms with Crippen LogP contribution in [-0.2, 0) is 14.3 Å². The van der Waals surface area contributed by atoms with Gasteiger partial charge in [0, 0.05) is 39.0 Å². The van der Waals surface area contributed by atoms with Gasteiger partial charge in [-0.3, -0.25) is 14.5 Å². The van der Waals surface area contributed by atoms with E-state index in [0.717, 1.165) is 25.7 Å². The molecule has 2 saturated heterocycles. The lowest BCUT2D eigenvalue weighted by Crippen LogP contribution is -2.60. The minimum atomic E-state index is -1.04. The Bertz CT molecular complexity index is 679. The predicted octanol–water partition coefficient (Wildman–Crippen LogP) is 2.93. The second-order valence-electron chi connectivity index (χ2n) is 9.46. The molecule has 168 valence electrons. The Morgan fingerprint density at radius 2 is 1.97 bits per heavy atom. The molecule has 3 amide bonds. The number of carbonyl (C=O) groups excluding carboxylic acids is 3. The van der Waals surface area contributed by atoms with Gasteiger partial charge >= 0.3 is 6.09 Å². The summed E-state index contributed by atoms with van der Waals surface area (Å²) in [6.07, 6.45) is 9.78. The Morgan fingerprint density at radius 3 is 2.60 bits per heavy atom. The third kappa shape index (κ3) is 5.90. The second kappa shape index (κ2) is 10.2. The van der Waals surface area contributed by atoms with E-state index in [1.165, 1.54) is 0 Å². The van der Waals surface area contributed by atoms with E-state index >= 15 is 0 Å². The normalized spacial score (nSPS) is 24.3. The van der Waals surface area contributed by atoms with Gasteiger partial charge in [-0.1, -0.05) is 6.92 Å². The van der Waals surface area contributed by atoms with Crippen LogP contribution in [0.5, 0.6) is 0 Å². The summed E-state index contributed by atoms with van der Waals surface area (Å²) in [5.74, 6) is 2.80. The number of hydrogen-bond acceptors (Lipinski definition) is 4. The topological polar surface area (TPSA) is 79.0 Å². The molecule has 1 N–H and O–H groups in total. The summed E-state index contributed by atoms with van der Waals surface area (Å²) in [6, 6.07) is 0. The van der Waals surface area contributed by atoms with E-state index in [1.807, 2.05) is 32.6 Å². The lowest BCUT2D eigenvalue weighted by Gasteiger charge is -2.42. The van der Waals surface area contributed by atoms with Gasteiger partial charge in [-0.05, 0) is 58.8 Å². The molecular weight excluding hydrogens is 382 g/mol. The van der Waals surface area contributed by atoms with Crippen molar-refractivity contribution in [3.05, 3.63) is 0 Å². The quantitative estimate of drug-likeness (QED) is 0.672. The first kappa shape index (κ1) is 24.0. The minimum absolute atomic E-state index is 0.0524. The molecule has 0 aliphatic carbocycles. The van der Waals surface area contributed by atoms with Crippen LogP contribution in [0.3, 0.4) is 0 Å². The molecule has 2 fully saturated rings. The third-order valence-corrected chi connectivity index (χ3v) is 5.77. The summed E-state index contributed by atoms with van der Waals surface area (Å²) in [5.41, 5.74) is -1.68. The van der Waals surface area contributed by atoms with Gasteiger partial charge in [-0.2, -0.15) is 0 Å². The van der Waals surface area contributed by atoms with Gasteiger partial charge in [-0.15, -0.1) is 12.3 Å². The van der Waals surface area contributed by atoms with Gasteiger partial charge in [0.25, 0.3) is 0 Å². The zero-order chi connectivity index (χ0) is 22.4. The molecule has 30 heavy (non-hydrogen) atoms. The summed E-state index contributed by atoms with van der Waals surface area (Å²) in [6.45, 7) is 9.67. The zero-order valence-corrected chi connectivity index (χ0v) is 19.0. The predicted molar refractivity (Wildman–Crippen MR) is 116 cm³/mol. The summed E-state index contributed by atoms with van der Waals surface area (Å²) < 4.78 is 5.57. The monoisotopic (exact) mass is 419 g/mol. The Labute approximate surface area is 180 Å². The van der Waals surface area contributed by atoms with Gasteiger partial charge in [0.1, 0.15) is 11.1 Å². The van der Waals surface area contributed by atoms with E-state index in [9.17, 15) is 14.4 Å². The first-order valence-electron chi connectivity index (χ1n) is 11.1. The van der Waals surface area contributed by atoms with Crippen molar-refractivity contribution in [3.63, 3.8) is 0 Å². The van der Waals surface area contributed by atoms with Crippen LogP contribution in [0.1, 0.15) is 72.6 Å². The molecule has 0 saturated carbocycles. The van der Waals surface area contributed by atoms with Crippen LogP contribution >= 0.6 is 0 Å². The highest BCUT2D eigenvalue weighted by Gasteiger charge is 2.52. The van der Waals surface area contributed by atoms with Gasteiger partial charge in [-0.25, -0.2) is 4.79 Å². The van der Waals surface area contributed by atoms with Crippen LogP contribution in [0.25, 0.3) is 0 Å². The number of hydrogen-bond donors (Lipinski definition) is 1. The van der Waals surface area contributed by atoms with Crippen molar-refractivity contribution >= 4 is 17.9 Å². The van der Waals surface area contributed by atoms with Crippen LogP contribution in [0.2, 0.25) is 0 Å². The highest BCUT2D eigenvalue weighted by atomic mass is 16.6. The fourth-order valence-corrected chi connectivity index (χ4v) is 4.40. The number of likely N-dealkylation sites (tertiary alicyclic amines) is 2. The molecule has 0 aromatic heterocycles. The van der Waals surface area contributed by atoms with E-state index in [2.05, 4.69) is 11.2 Å². The molecule has 0 bridgehead atoms. The van der Waals surface area contributed by atoms with Crippen LogP contribution in [0.4, 0.5) is 4.79 Å². The van der Waals surface area contributed by atoms with E-state index in [1.54, 1.807) is 4.90 Å². The number of terminal acetylenes is 1. The van der Waals surface area contributed by atoms with Gasteiger partial charge in [0.05, 0.1) is 0 Å². The number of amides is 3. The number of ether oxygens (including phenoxy) is 1. The third-order valence-electron chi connectivity index (χ3n) is 5.77. The maximum absolute atomic E-state index is 13.7. The Kier molecular flexibility index (Phi) is 8.17. The molecule has 2 atom stereocenters. The molecule has 0 radical (unpaired) electrons. The standard InChI is InChI=1S/C23H37N3O4/c1-6-10-19(27)24-16-18-11-8-14-25(17-18)20(28)23(12-7-2)13-9-15-26(23)21(29)30-22(3,4)5/h2,18H,6,8-17H2,1,3-5H3,(H,24,27)/t18-,23-/m0/s1. The van der Waals surface area contributed by atoms with Crippen molar-refractivity contribution in [2.75, 3.05) is 26.2 Å². The van der Waals surface area contributed by atoms with E-state index in [-0.39, 0.29) is 24.2 Å². The van der Waals surface area contributed by atoms with Gasteiger partial charge < -0.3 is 15.0 Å². The summed E-state index contributed by atoms with van der Waals surface area (Å²) in [4.78, 5) is 41.7. The average molecular weight is 420 g/mol. The lowest BCUT2D eigenvalue weighted by molar-refractivity contribution is -0.144. The van der Waals surface area contributed by atoms with Crippen LogP contribution in [0.15, 0.2) is 0 Å². The van der Waals surface area contributed by atoms with Gasteiger partial charge in [0.15, 0.2) is 0 Å². The lowest BCUT2D eigenvalue weighted by atomic mass is 9.88. The molecule has 0 aromatic rings. The van der Waals surface area contributed by atoms with Crippen LogP contribution in [0, 0.1) is 18.3 Å². The molecule has 0 spiro atoms. The zero-order valence-electron chi connectivity index (χ0n) is 19.0. The fourth-order valence-electron chi connectivity index (χ4n) is 4.40. The first-order chi connectivity index (χ1) is 14.1. The average Bonchev–Trinajstić information content (AvgIpc) is 3.10. The maximum atomic E-state index is 13.7. The smallest absolute Gasteiger partial charge is 0.411 e. The first-order valence-corrected chi connectivity index (χ1v) is 11.1. The minimum Gasteiger partial charge on any atom is -0.444 e. The number of nitrogens with one attached hydrogen (secondary N) is 1. The Hall–Kier alpha value is -2.23. The highest BCUT2D eigenvalue weighted by molar-refractivity contribution is 5.91. The fraction of sp³-hybridized carbons (Fsp3) is 0.783. The van der Waals surface area contributed by atoms with Crippen molar-refractivity contribution in [1.29, 1.82) is 0 Å². The Morgan fingerprint density at radius 1 is 1.23 bits per heavy atom. The van der Waals surface area contributed by atoms with Crippen molar-refractivity contribution in [2.45, 2.75) is 83.8 Å². The van der Waals surface area contributed by atoms with Crippen molar-refractivity contribution in [2.24, 2.45) is 5.92 Å². The van der Waals surface area contributed by atoms with Crippen LogP contribution in [-0.4, -0.2) is 65.0 Å². The molecule has 0 unspecified atom stereocenters. The van der Waals surface area contributed by atoms with E-state index in [4.69, 9.17) is 11.2 Å². The van der Waals surface area contributed by atoms with Gasteiger partial charge in [0.2, 0.25) is 11.8 Å². The molecule has 7 heteroatoms.